The summed E-state index contributed by atoms with van der Waals surface area (Å²) in [5, 5.41) is 22.5. The highest BCUT2D eigenvalue weighted by molar-refractivity contribution is 5.84. The van der Waals surface area contributed by atoms with E-state index in [0.717, 1.165) is 27.8 Å². The molecule has 0 bridgehead atoms. The van der Waals surface area contributed by atoms with Crippen molar-refractivity contribution in [1.82, 2.24) is 5.32 Å². The summed E-state index contributed by atoms with van der Waals surface area (Å²) in [7, 11) is 0. The van der Waals surface area contributed by atoms with Crippen LogP contribution in [0.2, 0.25) is 0 Å². The first-order chi connectivity index (χ1) is 13.2. The van der Waals surface area contributed by atoms with Crippen molar-refractivity contribution < 1.29 is 15.0 Å². The number of fused-ring (bicyclic) bond motifs is 3. The van der Waals surface area contributed by atoms with Gasteiger partial charge in [0.15, 0.2) is 0 Å². The molecule has 0 saturated heterocycles. The number of carboxylic acid groups (broad SMARTS) is 1. The van der Waals surface area contributed by atoms with Gasteiger partial charge in [-0.2, -0.15) is 0 Å². The van der Waals surface area contributed by atoms with Gasteiger partial charge in [0.05, 0.1) is 5.54 Å². The zero-order valence-corrected chi connectivity index (χ0v) is 14.8. The summed E-state index contributed by atoms with van der Waals surface area (Å²) in [5.41, 5.74) is 4.44. The molecule has 4 rings (SSSR count). The average Bonchev–Trinajstić information content (AvgIpc) is 3.00. The van der Waals surface area contributed by atoms with Crippen molar-refractivity contribution >= 4 is 5.97 Å². The van der Waals surface area contributed by atoms with Gasteiger partial charge in [-0.1, -0.05) is 78.9 Å². The lowest BCUT2D eigenvalue weighted by Crippen LogP contribution is -2.51. The van der Waals surface area contributed by atoms with Crippen LogP contribution in [0.5, 0.6) is 0 Å². The second-order valence-electron chi connectivity index (χ2n) is 6.75. The van der Waals surface area contributed by atoms with Crippen LogP contribution in [-0.2, 0) is 10.3 Å². The number of hydrogen-bond acceptors (Lipinski definition) is 3. The molecule has 1 aliphatic rings. The quantitative estimate of drug-likeness (QED) is 0.631. The normalized spacial score (nSPS) is 15.0. The van der Waals surface area contributed by atoms with Crippen molar-refractivity contribution in [1.29, 1.82) is 0 Å². The second kappa shape index (κ2) is 6.99. The number of aliphatic carboxylic acids is 1. The van der Waals surface area contributed by atoms with Crippen molar-refractivity contribution in [3.05, 3.63) is 95.6 Å². The molecule has 136 valence electrons. The summed E-state index contributed by atoms with van der Waals surface area (Å²) in [6.45, 7) is -0.196. The number of benzene rings is 3. The fourth-order valence-electron chi connectivity index (χ4n) is 4.12. The number of nitrogens with one attached hydrogen (secondary N) is 1. The van der Waals surface area contributed by atoms with Crippen LogP contribution >= 0.6 is 0 Å². The molecule has 0 aliphatic heterocycles. The Balaban J connectivity index is 2.01. The average molecular weight is 359 g/mol. The first-order valence-corrected chi connectivity index (χ1v) is 9.04. The lowest BCUT2D eigenvalue weighted by atomic mass is 9.80. The Kier molecular flexibility index (Phi) is 4.52. The molecule has 3 aromatic rings. The highest BCUT2D eigenvalue weighted by Gasteiger charge is 2.46. The van der Waals surface area contributed by atoms with Crippen LogP contribution in [0.25, 0.3) is 11.1 Å². The Morgan fingerprint density at radius 3 is 1.89 bits per heavy atom. The van der Waals surface area contributed by atoms with Gasteiger partial charge in [-0.3, -0.25) is 10.1 Å². The maximum Gasteiger partial charge on any atom is 0.320 e. The summed E-state index contributed by atoms with van der Waals surface area (Å²) in [6, 6.07) is 25.2. The topological polar surface area (TPSA) is 69.6 Å². The van der Waals surface area contributed by atoms with Crippen LogP contribution in [0.4, 0.5) is 0 Å². The molecule has 1 atom stereocenters. The van der Waals surface area contributed by atoms with E-state index in [1.165, 1.54) is 0 Å². The molecule has 0 spiro atoms. The first kappa shape index (κ1) is 17.5. The van der Waals surface area contributed by atoms with Gasteiger partial charge in [0, 0.05) is 6.61 Å². The molecular weight excluding hydrogens is 338 g/mol. The van der Waals surface area contributed by atoms with Crippen LogP contribution in [0.15, 0.2) is 78.9 Å². The van der Waals surface area contributed by atoms with Crippen molar-refractivity contribution in [2.45, 2.75) is 18.0 Å². The van der Waals surface area contributed by atoms with E-state index in [1.807, 2.05) is 66.7 Å². The number of rotatable bonds is 6. The molecule has 0 amide bonds. The minimum Gasteiger partial charge on any atom is -0.480 e. The number of aliphatic hydroxyl groups excluding tert-OH is 1. The van der Waals surface area contributed by atoms with Crippen LogP contribution in [0, 0.1) is 0 Å². The van der Waals surface area contributed by atoms with Gasteiger partial charge in [-0.25, -0.2) is 0 Å². The van der Waals surface area contributed by atoms with E-state index in [0.29, 0.717) is 0 Å². The smallest absolute Gasteiger partial charge is 0.320 e. The summed E-state index contributed by atoms with van der Waals surface area (Å²) in [4.78, 5) is 11.9. The highest BCUT2D eigenvalue weighted by Crippen LogP contribution is 2.51. The largest absolute Gasteiger partial charge is 0.480 e. The SMILES string of the molecule is O=C(O)[C@H](CCO)NC1(c2ccccc2)c2ccccc2-c2ccccc21. The van der Waals surface area contributed by atoms with Gasteiger partial charge in [-0.15, -0.1) is 0 Å². The van der Waals surface area contributed by atoms with E-state index in [-0.39, 0.29) is 13.0 Å². The van der Waals surface area contributed by atoms with E-state index in [1.54, 1.807) is 0 Å². The maximum atomic E-state index is 11.9. The molecule has 0 aromatic heterocycles. The van der Waals surface area contributed by atoms with Crippen molar-refractivity contribution in [3.63, 3.8) is 0 Å². The monoisotopic (exact) mass is 359 g/mol. The fourth-order valence-corrected chi connectivity index (χ4v) is 4.12. The van der Waals surface area contributed by atoms with Crippen LogP contribution in [0.1, 0.15) is 23.1 Å². The molecule has 0 saturated carbocycles. The number of carboxylic acids is 1. The lowest BCUT2D eigenvalue weighted by molar-refractivity contribution is -0.140. The Bertz CT molecular complexity index is 923. The van der Waals surface area contributed by atoms with Crippen molar-refractivity contribution in [2.24, 2.45) is 0 Å². The molecule has 0 fully saturated rings. The van der Waals surface area contributed by atoms with Crippen LogP contribution in [0.3, 0.4) is 0 Å². The van der Waals surface area contributed by atoms with Gasteiger partial charge in [-0.05, 0) is 34.2 Å². The number of carbonyl (C=O) groups is 1. The van der Waals surface area contributed by atoms with Gasteiger partial charge in [0.1, 0.15) is 6.04 Å². The number of aliphatic hydroxyl groups is 1. The van der Waals surface area contributed by atoms with Gasteiger partial charge >= 0.3 is 5.97 Å². The van der Waals surface area contributed by atoms with Crippen molar-refractivity contribution in [3.8, 4) is 11.1 Å². The van der Waals surface area contributed by atoms with Gasteiger partial charge < -0.3 is 10.2 Å². The predicted molar refractivity (Wildman–Crippen MR) is 104 cm³/mol. The summed E-state index contributed by atoms with van der Waals surface area (Å²) in [5.74, 6) is -0.971. The molecule has 4 heteroatoms. The lowest BCUT2D eigenvalue weighted by Gasteiger charge is -2.36. The molecular formula is C23H21NO3. The van der Waals surface area contributed by atoms with Crippen LogP contribution < -0.4 is 5.32 Å². The molecule has 0 unspecified atom stereocenters. The first-order valence-electron chi connectivity index (χ1n) is 9.04. The molecule has 3 N–H and O–H groups in total. The van der Waals surface area contributed by atoms with Gasteiger partial charge in [0.25, 0.3) is 0 Å². The zero-order valence-electron chi connectivity index (χ0n) is 14.8. The Hall–Kier alpha value is -2.95. The molecule has 0 radical (unpaired) electrons. The van der Waals surface area contributed by atoms with E-state index in [9.17, 15) is 15.0 Å². The summed E-state index contributed by atoms with van der Waals surface area (Å²) in [6.07, 6.45) is 0.133. The minimum absolute atomic E-state index is 0.133. The standard InChI is InChI=1S/C23H21NO3/c25-15-14-21(22(26)27)24-23(16-8-2-1-3-9-16)19-12-6-4-10-17(19)18-11-5-7-13-20(18)23/h1-13,21,24-25H,14-15H2,(H,26,27)/t21-/m0/s1. The van der Waals surface area contributed by atoms with E-state index in [2.05, 4.69) is 17.4 Å². The molecule has 4 nitrogen and oxygen atoms in total. The van der Waals surface area contributed by atoms with Crippen molar-refractivity contribution in [2.75, 3.05) is 6.61 Å². The Morgan fingerprint density at radius 2 is 1.37 bits per heavy atom. The summed E-state index contributed by atoms with van der Waals surface area (Å²) < 4.78 is 0. The van der Waals surface area contributed by atoms with Gasteiger partial charge in [0.2, 0.25) is 0 Å². The summed E-state index contributed by atoms with van der Waals surface area (Å²) >= 11 is 0. The Morgan fingerprint density at radius 1 is 0.852 bits per heavy atom. The second-order valence-corrected chi connectivity index (χ2v) is 6.75. The van der Waals surface area contributed by atoms with E-state index >= 15 is 0 Å². The fraction of sp³-hybridized carbons (Fsp3) is 0.174. The van der Waals surface area contributed by atoms with E-state index < -0.39 is 17.6 Å². The molecule has 1 aliphatic carbocycles. The predicted octanol–water partition coefficient (Wildman–Crippen LogP) is 3.38. The van der Waals surface area contributed by atoms with Crippen LogP contribution in [-0.4, -0.2) is 28.8 Å². The third-order valence-corrected chi connectivity index (χ3v) is 5.27. The van der Waals surface area contributed by atoms with E-state index in [4.69, 9.17) is 0 Å². The molecule has 3 aromatic carbocycles. The highest BCUT2D eigenvalue weighted by atomic mass is 16.4. The number of hydrogen-bond donors (Lipinski definition) is 3. The minimum atomic E-state index is -0.971. The molecule has 0 heterocycles. The maximum absolute atomic E-state index is 11.9. The third-order valence-electron chi connectivity index (χ3n) is 5.27. The molecule has 27 heavy (non-hydrogen) atoms. The third kappa shape index (κ3) is 2.74. The zero-order chi connectivity index (χ0) is 18.9. The Labute approximate surface area is 158 Å².